The van der Waals surface area contributed by atoms with Gasteiger partial charge in [0.05, 0.1) is 29.6 Å². The minimum absolute atomic E-state index is 0.159. The Morgan fingerprint density at radius 1 is 1.53 bits per heavy atom. The van der Waals surface area contributed by atoms with Crippen LogP contribution >= 0.6 is 11.6 Å². The van der Waals surface area contributed by atoms with Gasteiger partial charge in [0.1, 0.15) is 0 Å². The zero-order valence-corrected chi connectivity index (χ0v) is 11.2. The molecule has 1 aliphatic rings. The van der Waals surface area contributed by atoms with E-state index in [0.29, 0.717) is 5.02 Å². The summed E-state index contributed by atoms with van der Waals surface area (Å²) in [5, 5.41) is 15.0. The van der Waals surface area contributed by atoms with E-state index < -0.39 is 0 Å². The van der Waals surface area contributed by atoms with Gasteiger partial charge in [0.25, 0.3) is 0 Å². The summed E-state index contributed by atoms with van der Waals surface area (Å²) in [4.78, 5) is 2.12. The van der Waals surface area contributed by atoms with Gasteiger partial charge in [-0.05, 0) is 26.9 Å². The number of hydrogen-bond donors (Lipinski definition) is 1. The van der Waals surface area contributed by atoms with Crippen LogP contribution in [-0.2, 0) is 6.54 Å². The Labute approximate surface area is 107 Å². The third-order valence-electron chi connectivity index (χ3n) is 3.42. The third-order valence-corrected chi connectivity index (χ3v) is 3.71. The zero-order valence-electron chi connectivity index (χ0n) is 10.4. The highest BCUT2D eigenvalue weighted by Crippen LogP contribution is 2.37. The van der Waals surface area contributed by atoms with Crippen LogP contribution in [0.1, 0.15) is 30.9 Å². The normalized spacial score (nSPS) is 24.8. The topological polar surface area (TPSA) is 41.3 Å². The van der Waals surface area contributed by atoms with Crippen molar-refractivity contribution in [3.05, 3.63) is 16.9 Å². The van der Waals surface area contributed by atoms with Crippen molar-refractivity contribution in [2.45, 2.75) is 37.8 Å². The van der Waals surface area contributed by atoms with Crippen molar-refractivity contribution in [2.75, 3.05) is 20.6 Å². The van der Waals surface area contributed by atoms with Crippen molar-refractivity contribution < 1.29 is 5.11 Å². The average Bonchev–Trinajstić information content (AvgIpc) is 2.82. The summed E-state index contributed by atoms with van der Waals surface area (Å²) >= 11 is 6.20. The Morgan fingerprint density at radius 2 is 2.29 bits per heavy atom. The third kappa shape index (κ3) is 2.81. The molecule has 1 aromatic heterocycles. The summed E-state index contributed by atoms with van der Waals surface area (Å²) in [7, 11) is 4.07. The molecule has 0 saturated heterocycles. The Balaban J connectivity index is 2.17. The number of halogens is 1. The van der Waals surface area contributed by atoms with Crippen LogP contribution in [-0.4, -0.2) is 46.5 Å². The number of rotatable bonds is 4. The van der Waals surface area contributed by atoms with E-state index in [0.717, 1.165) is 38.0 Å². The fourth-order valence-electron chi connectivity index (χ4n) is 2.47. The van der Waals surface area contributed by atoms with Crippen LogP contribution in [0.5, 0.6) is 0 Å². The lowest BCUT2D eigenvalue weighted by Crippen LogP contribution is -2.22. The fraction of sp³-hybridized carbons (Fsp3) is 0.750. The molecule has 17 heavy (non-hydrogen) atoms. The maximum Gasteiger partial charge on any atom is 0.0821 e. The molecule has 0 bridgehead atoms. The molecular weight excluding hydrogens is 238 g/mol. The van der Waals surface area contributed by atoms with Gasteiger partial charge < -0.3 is 10.0 Å². The van der Waals surface area contributed by atoms with E-state index in [9.17, 15) is 5.11 Å². The van der Waals surface area contributed by atoms with Crippen LogP contribution in [0.15, 0.2) is 6.20 Å². The van der Waals surface area contributed by atoms with Crippen molar-refractivity contribution in [1.29, 1.82) is 0 Å². The smallest absolute Gasteiger partial charge is 0.0821 e. The number of hydrogen-bond acceptors (Lipinski definition) is 3. The van der Waals surface area contributed by atoms with Gasteiger partial charge in [-0.1, -0.05) is 18.0 Å². The van der Waals surface area contributed by atoms with Crippen molar-refractivity contribution >= 4 is 11.6 Å². The highest BCUT2D eigenvalue weighted by molar-refractivity contribution is 6.31. The molecule has 1 aromatic rings. The fourth-order valence-corrected chi connectivity index (χ4v) is 2.75. The van der Waals surface area contributed by atoms with Crippen LogP contribution < -0.4 is 0 Å². The van der Waals surface area contributed by atoms with Gasteiger partial charge in [-0.15, -0.1) is 0 Å². The first-order valence-corrected chi connectivity index (χ1v) is 6.51. The molecule has 1 aliphatic carbocycles. The largest absolute Gasteiger partial charge is 0.392 e. The molecule has 1 saturated carbocycles. The molecule has 1 fully saturated rings. The van der Waals surface area contributed by atoms with E-state index in [2.05, 4.69) is 10.00 Å². The molecule has 2 unspecified atom stereocenters. The van der Waals surface area contributed by atoms with Gasteiger partial charge in [0.2, 0.25) is 0 Å². The monoisotopic (exact) mass is 257 g/mol. The van der Waals surface area contributed by atoms with E-state index in [4.69, 9.17) is 11.6 Å². The van der Waals surface area contributed by atoms with E-state index in [1.807, 2.05) is 18.8 Å². The summed E-state index contributed by atoms with van der Waals surface area (Å²) in [5.74, 6) is 0.159. The first kappa shape index (κ1) is 12.9. The second-order valence-electron chi connectivity index (χ2n) is 5.01. The van der Waals surface area contributed by atoms with Crippen molar-refractivity contribution in [1.82, 2.24) is 14.7 Å². The molecule has 4 nitrogen and oxygen atoms in total. The highest BCUT2D eigenvalue weighted by Gasteiger charge is 2.31. The minimum Gasteiger partial charge on any atom is -0.392 e. The van der Waals surface area contributed by atoms with Gasteiger partial charge >= 0.3 is 0 Å². The predicted octanol–water partition coefficient (Wildman–Crippen LogP) is 1.73. The first-order chi connectivity index (χ1) is 8.09. The Bertz CT molecular complexity index is 378. The molecule has 1 heterocycles. The summed E-state index contributed by atoms with van der Waals surface area (Å²) in [6.07, 6.45) is 4.38. The highest BCUT2D eigenvalue weighted by atomic mass is 35.5. The van der Waals surface area contributed by atoms with E-state index >= 15 is 0 Å². The predicted molar refractivity (Wildman–Crippen MR) is 68.4 cm³/mol. The summed E-state index contributed by atoms with van der Waals surface area (Å²) in [6, 6.07) is 0. The van der Waals surface area contributed by atoms with E-state index in [1.165, 1.54) is 0 Å². The zero-order chi connectivity index (χ0) is 12.4. The molecule has 96 valence electrons. The SMILES string of the molecule is CN(C)CCn1ncc(Cl)c1C1CCCC1O. The Morgan fingerprint density at radius 3 is 2.88 bits per heavy atom. The quantitative estimate of drug-likeness (QED) is 0.893. The maximum absolute atomic E-state index is 9.98. The van der Waals surface area contributed by atoms with Crippen LogP contribution in [0, 0.1) is 0 Å². The Kier molecular flexibility index (Phi) is 4.07. The number of nitrogens with zero attached hydrogens (tertiary/aromatic N) is 3. The van der Waals surface area contributed by atoms with E-state index in [-0.39, 0.29) is 12.0 Å². The molecule has 0 aromatic carbocycles. The van der Waals surface area contributed by atoms with Gasteiger partial charge in [-0.25, -0.2) is 0 Å². The van der Waals surface area contributed by atoms with Crippen molar-refractivity contribution in [3.8, 4) is 0 Å². The molecule has 0 aliphatic heterocycles. The molecule has 2 rings (SSSR count). The number of aliphatic hydroxyl groups excluding tert-OH is 1. The van der Waals surface area contributed by atoms with Crippen LogP contribution in [0.4, 0.5) is 0 Å². The van der Waals surface area contributed by atoms with E-state index in [1.54, 1.807) is 6.20 Å². The molecule has 0 spiro atoms. The summed E-state index contributed by atoms with van der Waals surface area (Å²) < 4.78 is 1.95. The van der Waals surface area contributed by atoms with Gasteiger partial charge in [0.15, 0.2) is 0 Å². The van der Waals surface area contributed by atoms with Crippen LogP contribution in [0.25, 0.3) is 0 Å². The first-order valence-electron chi connectivity index (χ1n) is 6.13. The standard InChI is InChI=1S/C12H20ClN3O/c1-15(2)6-7-16-12(10(13)8-14-16)9-4-3-5-11(9)17/h8-9,11,17H,3-7H2,1-2H3. The molecule has 0 amide bonds. The average molecular weight is 258 g/mol. The lowest BCUT2D eigenvalue weighted by Gasteiger charge is -2.18. The van der Waals surface area contributed by atoms with Crippen LogP contribution in [0.2, 0.25) is 5.02 Å². The lowest BCUT2D eigenvalue weighted by molar-refractivity contribution is 0.159. The molecule has 1 N–H and O–H groups in total. The van der Waals surface area contributed by atoms with Crippen molar-refractivity contribution in [2.24, 2.45) is 0 Å². The molecule has 2 atom stereocenters. The van der Waals surface area contributed by atoms with Gasteiger partial charge in [0, 0.05) is 12.5 Å². The number of aromatic nitrogens is 2. The lowest BCUT2D eigenvalue weighted by atomic mass is 10.0. The second-order valence-corrected chi connectivity index (χ2v) is 5.42. The minimum atomic E-state index is -0.262. The van der Waals surface area contributed by atoms with Gasteiger partial charge in [-0.3, -0.25) is 4.68 Å². The number of aliphatic hydroxyl groups is 1. The van der Waals surface area contributed by atoms with Gasteiger partial charge in [-0.2, -0.15) is 5.10 Å². The molecule has 5 heteroatoms. The van der Waals surface area contributed by atoms with Crippen LogP contribution in [0.3, 0.4) is 0 Å². The number of likely N-dealkylation sites (N-methyl/N-ethyl adjacent to an activating group) is 1. The molecular formula is C12H20ClN3O. The Hall–Kier alpha value is -0.580. The summed E-state index contributed by atoms with van der Waals surface area (Å²) in [6.45, 7) is 1.74. The second kappa shape index (κ2) is 5.38. The summed E-state index contributed by atoms with van der Waals surface area (Å²) in [5.41, 5.74) is 1.01. The maximum atomic E-state index is 9.98. The molecule has 0 radical (unpaired) electrons. The van der Waals surface area contributed by atoms with Crippen molar-refractivity contribution in [3.63, 3.8) is 0 Å².